The molecule has 0 heterocycles. The molecule has 0 unspecified atom stereocenters. The van der Waals surface area contributed by atoms with Crippen LogP contribution in [0.2, 0.25) is 0 Å². The molecule has 0 amide bonds. The molecule has 0 N–H and O–H groups in total. The molecule has 1 aromatic rings. The molecule has 0 spiro atoms. The van der Waals surface area contributed by atoms with Crippen molar-refractivity contribution in [2.75, 3.05) is 6.61 Å². The lowest BCUT2D eigenvalue weighted by Gasteiger charge is -2.15. The molecule has 0 fully saturated rings. The van der Waals surface area contributed by atoms with Gasteiger partial charge in [-0.1, -0.05) is 6.07 Å². The summed E-state index contributed by atoms with van der Waals surface area (Å²) >= 11 is -0.792. The minimum atomic E-state index is -4.84. The van der Waals surface area contributed by atoms with Crippen molar-refractivity contribution in [3.05, 3.63) is 28.8 Å². The van der Waals surface area contributed by atoms with Crippen molar-refractivity contribution in [2.45, 2.75) is 23.8 Å². The van der Waals surface area contributed by atoms with Crippen molar-refractivity contribution in [2.24, 2.45) is 0 Å². The van der Waals surface area contributed by atoms with Gasteiger partial charge in [0.2, 0.25) is 0 Å². The van der Waals surface area contributed by atoms with E-state index in [1.54, 1.807) is 0 Å². The van der Waals surface area contributed by atoms with E-state index in [1.807, 2.05) is 0 Å². The number of esters is 1. The highest BCUT2D eigenvalue weighted by molar-refractivity contribution is 8.00. The maximum Gasteiger partial charge on any atom is 0.446 e. The number of nitriles is 1. The van der Waals surface area contributed by atoms with Crippen LogP contribution >= 0.6 is 11.8 Å². The summed E-state index contributed by atoms with van der Waals surface area (Å²) < 4.78 is 67.9. The summed E-state index contributed by atoms with van der Waals surface area (Å²) in [5.41, 5.74) is -7.19. The van der Waals surface area contributed by atoms with Crippen LogP contribution in [0.15, 0.2) is 17.0 Å². The van der Waals surface area contributed by atoms with Gasteiger partial charge in [0.15, 0.2) is 0 Å². The van der Waals surface area contributed by atoms with Crippen molar-refractivity contribution in [1.82, 2.24) is 0 Å². The summed E-state index contributed by atoms with van der Waals surface area (Å²) in [7, 11) is 0. The van der Waals surface area contributed by atoms with Gasteiger partial charge in [0.25, 0.3) is 6.43 Å². The van der Waals surface area contributed by atoms with Gasteiger partial charge in [-0.15, -0.1) is 0 Å². The summed E-state index contributed by atoms with van der Waals surface area (Å²) in [6, 6.07) is 3.01. The molecule has 0 saturated carbocycles. The number of alkyl halides is 5. The Morgan fingerprint density at radius 1 is 1.43 bits per heavy atom. The maximum atomic E-state index is 12.9. The number of hydrogen-bond donors (Lipinski definition) is 0. The first kappa shape index (κ1) is 17.2. The third kappa shape index (κ3) is 4.32. The van der Waals surface area contributed by atoms with Crippen molar-refractivity contribution in [3.8, 4) is 6.07 Å². The van der Waals surface area contributed by atoms with E-state index in [1.165, 1.54) is 13.0 Å². The average molecular weight is 325 g/mol. The molecule has 0 bridgehead atoms. The van der Waals surface area contributed by atoms with Crippen LogP contribution in [0.1, 0.15) is 34.8 Å². The monoisotopic (exact) mass is 325 g/mol. The average Bonchev–Trinajstić information content (AvgIpc) is 2.36. The molecule has 1 aromatic carbocycles. The lowest BCUT2D eigenvalue weighted by molar-refractivity contribution is -0.0328. The number of rotatable bonds is 4. The van der Waals surface area contributed by atoms with Crippen LogP contribution in [0.5, 0.6) is 0 Å². The highest BCUT2D eigenvalue weighted by atomic mass is 32.2. The topological polar surface area (TPSA) is 50.1 Å². The number of hydrogen-bond acceptors (Lipinski definition) is 4. The predicted molar refractivity (Wildman–Crippen MR) is 64.0 cm³/mol. The minimum Gasteiger partial charge on any atom is -0.462 e. The summed E-state index contributed by atoms with van der Waals surface area (Å²) in [6.45, 7) is 1.18. The minimum absolute atomic E-state index is 0.200. The Bertz CT molecular complexity index is 580. The SMILES string of the molecule is CCOC(=O)c1c(C(F)F)ccc(C#N)c1SC(F)(F)F. The Morgan fingerprint density at radius 2 is 2.05 bits per heavy atom. The lowest BCUT2D eigenvalue weighted by atomic mass is 10.0. The number of nitrogens with zero attached hydrogens (tertiary/aromatic N) is 1. The first-order valence-electron chi connectivity index (χ1n) is 5.49. The fourth-order valence-corrected chi connectivity index (χ4v) is 2.26. The number of halogens is 5. The summed E-state index contributed by atoms with van der Waals surface area (Å²) in [6.07, 6.45) is -3.18. The fraction of sp³-hybridized carbons (Fsp3) is 0.333. The molecular formula is C12H8F5NO2S. The molecule has 0 atom stereocenters. The molecule has 1 rings (SSSR count). The molecule has 21 heavy (non-hydrogen) atoms. The number of ether oxygens (including phenoxy) is 1. The van der Waals surface area contributed by atoms with Gasteiger partial charge >= 0.3 is 11.5 Å². The van der Waals surface area contributed by atoms with Gasteiger partial charge in [-0.2, -0.15) is 18.4 Å². The summed E-state index contributed by atoms with van der Waals surface area (Å²) in [4.78, 5) is 10.8. The van der Waals surface area contributed by atoms with E-state index in [0.29, 0.717) is 0 Å². The molecule has 0 aliphatic heterocycles. The predicted octanol–water partition coefficient (Wildman–Crippen LogP) is 4.28. The Balaban J connectivity index is 3.58. The van der Waals surface area contributed by atoms with Gasteiger partial charge in [0.05, 0.1) is 17.7 Å². The van der Waals surface area contributed by atoms with Crippen LogP contribution in [-0.2, 0) is 4.74 Å². The number of carbonyl (C=O) groups excluding carboxylic acids is 1. The van der Waals surface area contributed by atoms with Gasteiger partial charge < -0.3 is 4.74 Å². The number of thioether (sulfide) groups is 1. The molecule has 0 saturated heterocycles. The third-order valence-electron chi connectivity index (χ3n) is 2.24. The summed E-state index contributed by atoms with van der Waals surface area (Å²) in [5.74, 6) is -1.32. The molecule has 114 valence electrons. The zero-order chi connectivity index (χ0) is 16.2. The largest absolute Gasteiger partial charge is 0.462 e. The lowest BCUT2D eigenvalue weighted by Crippen LogP contribution is -2.13. The molecule has 9 heteroatoms. The Labute approximate surface area is 120 Å². The van der Waals surface area contributed by atoms with E-state index < -0.39 is 51.3 Å². The zero-order valence-electron chi connectivity index (χ0n) is 10.5. The van der Waals surface area contributed by atoms with Crippen molar-refractivity contribution in [1.29, 1.82) is 5.26 Å². The molecule has 0 radical (unpaired) electrons. The molecule has 0 aromatic heterocycles. The second-order valence-corrected chi connectivity index (χ2v) is 4.66. The van der Waals surface area contributed by atoms with E-state index in [9.17, 15) is 26.7 Å². The highest BCUT2D eigenvalue weighted by Crippen LogP contribution is 2.42. The van der Waals surface area contributed by atoms with Crippen molar-refractivity contribution < 1.29 is 31.5 Å². The molecule has 0 aliphatic rings. The van der Waals surface area contributed by atoms with E-state index in [-0.39, 0.29) is 6.61 Å². The van der Waals surface area contributed by atoms with Crippen LogP contribution in [0, 0.1) is 11.3 Å². The van der Waals surface area contributed by atoms with Gasteiger partial charge in [-0.25, -0.2) is 13.6 Å². The first-order chi connectivity index (χ1) is 9.71. The molecule has 0 aliphatic carbocycles. The second-order valence-electron chi connectivity index (χ2n) is 3.59. The van der Waals surface area contributed by atoms with Crippen LogP contribution < -0.4 is 0 Å². The Morgan fingerprint density at radius 3 is 2.48 bits per heavy atom. The number of carbonyl (C=O) groups is 1. The van der Waals surface area contributed by atoms with Crippen molar-refractivity contribution in [3.63, 3.8) is 0 Å². The molecule has 3 nitrogen and oxygen atoms in total. The number of benzene rings is 1. The van der Waals surface area contributed by atoms with E-state index in [2.05, 4.69) is 4.74 Å². The van der Waals surface area contributed by atoms with Gasteiger partial charge in [-0.3, -0.25) is 0 Å². The van der Waals surface area contributed by atoms with Crippen molar-refractivity contribution >= 4 is 17.7 Å². The highest BCUT2D eigenvalue weighted by Gasteiger charge is 2.35. The Kier molecular flexibility index (Phi) is 5.54. The maximum absolute atomic E-state index is 12.9. The van der Waals surface area contributed by atoms with Crippen LogP contribution in [0.3, 0.4) is 0 Å². The van der Waals surface area contributed by atoms with E-state index in [4.69, 9.17) is 5.26 Å². The second kappa shape index (κ2) is 6.76. The smallest absolute Gasteiger partial charge is 0.446 e. The Hall–Kier alpha value is -1.82. The normalized spacial score (nSPS) is 11.3. The van der Waals surface area contributed by atoms with Crippen LogP contribution in [0.25, 0.3) is 0 Å². The molecular weight excluding hydrogens is 317 g/mol. The van der Waals surface area contributed by atoms with Gasteiger partial charge in [0, 0.05) is 10.5 Å². The standard InChI is InChI=1S/C12H8F5NO2S/c1-2-20-11(19)8-7(10(13)14)4-3-6(5-18)9(8)21-12(15,16)17/h3-4,10H,2H2,1H3. The first-order valence-corrected chi connectivity index (χ1v) is 6.31. The van der Waals surface area contributed by atoms with Crippen LogP contribution in [-0.4, -0.2) is 18.1 Å². The van der Waals surface area contributed by atoms with E-state index in [0.717, 1.165) is 12.1 Å². The quantitative estimate of drug-likeness (QED) is 0.471. The zero-order valence-corrected chi connectivity index (χ0v) is 11.3. The third-order valence-corrected chi connectivity index (χ3v) is 3.10. The fourth-order valence-electron chi connectivity index (χ4n) is 1.50. The van der Waals surface area contributed by atoms with E-state index >= 15 is 0 Å². The van der Waals surface area contributed by atoms with Crippen LogP contribution in [0.4, 0.5) is 22.0 Å². The van der Waals surface area contributed by atoms with Gasteiger partial charge in [0.1, 0.15) is 6.07 Å². The van der Waals surface area contributed by atoms with Gasteiger partial charge in [-0.05, 0) is 24.8 Å². The summed E-state index contributed by atoms with van der Waals surface area (Å²) in [5, 5.41) is 8.81.